The van der Waals surface area contributed by atoms with Crippen LogP contribution in [0.3, 0.4) is 0 Å². The molecule has 2 aromatic rings. The van der Waals surface area contributed by atoms with E-state index >= 15 is 0 Å². The second-order valence-electron chi connectivity index (χ2n) is 4.06. The average Bonchev–Trinajstić information content (AvgIpc) is 2.44. The second kappa shape index (κ2) is 7.95. The van der Waals surface area contributed by atoms with Crippen molar-refractivity contribution in [3.05, 3.63) is 50.7 Å². The molecule has 0 aliphatic heterocycles. The van der Waals surface area contributed by atoms with Crippen molar-refractivity contribution < 1.29 is 46.2 Å². The summed E-state index contributed by atoms with van der Waals surface area (Å²) in [6.07, 6.45) is 0. The van der Waals surface area contributed by atoms with Crippen LogP contribution in [0.4, 0.5) is 8.78 Å². The molecule has 22 heavy (non-hydrogen) atoms. The topological polar surface area (TPSA) is 55.0 Å². The number of pyridine rings is 1. The Labute approximate surface area is 158 Å². The Hall–Kier alpha value is -1.10. The molecule has 2 rings (SSSR count). The fourth-order valence-corrected chi connectivity index (χ4v) is 2.15. The summed E-state index contributed by atoms with van der Waals surface area (Å²) in [4.78, 5) is 11.8. The van der Waals surface area contributed by atoms with E-state index in [-0.39, 0.29) is 60.8 Å². The standard InChI is InChI=1S/C14H8BrF2N2O2.Y/c1-19-12(3-2-9(15)14(19)20)13-10(16)6-8(7-11(13)17)21-5-4-18;/h2,6-7H,5H2,1H3;/q-1;. The number of rotatable bonds is 3. The van der Waals surface area contributed by atoms with Gasteiger partial charge in [-0.25, -0.2) is 8.78 Å². The van der Waals surface area contributed by atoms with Gasteiger partial charge in [-0.15, -0.1) is 15.9 Å². The Bertz CT molecular complexity index is 779. The molecule has 0 atom stereocenters. The van der Waals surface area contributed by atoms with Crippen molar-refractivity contribution in [3.63, 3.8) is 0 Å². The first-order chi connectivity index (χ1) is 9.95. The summed E-state index contributed by atoms with van der Waals surface area (Å²) >= 11 is 3.03. The average molecular weight is 443 g/mol. The molecule has 0 saturated heterocycles. The van der Waals surface area contributed by atoms with Gasteiger partial charge in [0.1, 0.15) is 11.8 Å². The van der Waals surface area contributed by atoms with E-state index in [2.05, 4.69) is 22.0 Å². The van der Waals surface area contributed by atoms with Crippen molar-refractivity contribution in [1.29, 1.82) is 5.26 Å². The number of hydrogen-bond donors (Lipinski definition) is 0. The molecule has 0 aliphatic rings. The van der Waals surface area contributed by atoms with E-state index < -0.39 is 17.2 Å². The number of aromatic nitrogens is 1. The minimum atomic E-state index is -0.906. The zero-order chi connectivity index (χ0) is 15.6. The number of halogens is 3. The molecule has 0 saturated carbocycles. The van der Waals surface area contributed by atoms with Crippen molar-refractivity contribution in [2.75, 3.05) is 6.61 Å². The Balaban J connectivity index is 0.00000242. The normalized spacial score (nSPS) is 9.77. The van der Waals surface area contributed by atoms with Crippen LogP contribution in [0.25, 0.3) is 11.3 Å². The number of hydrogen-bond acceptors (Lipinski definition) is 3. The van der Waals surface area contributed by atoms with Crippen LogP contribution < -0.4 is 10.3 Å². The van der Waals surface area contributed by atoms with Gasteiger partial charge in [0.15, 0.2) is 6.61 Å². The van der Waals surface area contributed by atoms with E-state index in [0.29, 0.717) is 0 Å². The van der Waals surface area contributed by atoms with Gasteiger partial charge in [0.25, 0.3) is 0 Å². The summed E-state index contributed by atoms with van der Waals surface area (Å²) in [6, 6.07) is 7.56. The quantitative estimate of drug-likeness (QED) is 0.687. The molecular weight excluding hydrogens is 435 g/mol. The number of benzene rings is 1. The summed E-state index contributed by atoms with van der Waals surface area (Å²) in [7, 11) is 1.39. The molecule has 111 valence electrons. The van der Waals surface area contributed by atoms with Gasteiger partial charge in [0.2, 0.25) is 5.56 Å². The zero-order valence-electron chi connectivity index (χ0n) is 11.4. The molecule has 4 nitrogen and oxygen atoms in total. The van der Waals surface area contributed by atoms with E-state index in [4.69, 9.17) is 10.00 Å². The molecule has 0 aliphatic carbocycles. The fraction of sp³-hybridized carbons (Fsp3) is 0.143. The zero-order valence-corrected chi connectivity index (χ0v) is 15.8. The van der Waals surface area contributed by atoms with Gasteiger partial charge in [0.05, 0.1) is 11.6 Å². The van der Waals surface area contributed by atoms with Crippen molar-refractivity contribution in [1.82, 2.24) is 4.57 Å². The van der Waals surface area contributed by atoms with Crippen molar-refractivity contribution >= 4 is 15.9 Å². The predicted molar refractivity (Wildman–Crippen MR) is 74.7 cm³/mol. The van der Waals surface area contributed by atoms with Crippen molar-refractivity contribution in [2.45, 2.75) is 0 Å². The van der Waals surface area contributed by atoms with E-state index in [1.165, 1.54) is 13.1 Å². The Morgan fingerprint density at radius 2 is 2.00 bits per heavy atom. The third-order valence-corrected chi connectivity index (χ3v) is 3.30. The number of nitrogens with zero attached hydrogens (tertiary/aromatic N) is 2. The predicted octanol–water partition coefficient (Wildman–Crippen LogP) is 2.79. The van der Waals surface area contributed by atoms with Gasteiger partial charge >= 0.3 is 0 Å². The Morgan fingerprint density at radius 3 is 2.55 bits per heavy atom. The van der Waals surface area contributed by atoms with Gasteiger partial charge in [-0.1, -0.05) is 5.69 Å². The monoisotopic (exact) mass is 442 g/mol. The maximum atomic E-state index is 14.1. The summed E-state index contributed by atoms with van der Waals surface area (Å²) in [5.41, 5.74) is -0.844. The van der Waals surface area contributed by atoms with Gasteiger partial charge in [-0.05, 0) is 10.0 Å². The van der Waals surface area contributed by atoms with Gasteiger partial charge in [-0.2, -0.15) is 17.4 Å². The van der Waals surface area contributed by atoms with Crippen LogP contribution in [0.5, 0.6) is 5.75 Å². The van der Waals surface area contributed by atoms with E-state index in [0.717, 1.165) is 16.7 Å². The molecule has 1 aromatic carbocycles. The minimum Gasteiger partial charge on any atom is -0.479 e. The van der Waals surface area contributed by atoms with Crippen LogP contribution >= 0.6 is 15.9 Å². The Morgan fingerprint density at radius 1 is 1.41 bits per heavy atom. The van der Waals surface area contributed by atoms with Gasteiger partial charge < -0.3 is 9.30 Å². The first-order valence-electron chi connectivity index (χ1n) is 5.72. The third-order valence-electron chi connectivity index (χ3n) is 2.74. The van der Waals surface area contributed by atoms with Gasteiger partial charge in [-0.3, -0.25) is 4.79 Å². The van der Waals surface area contributed by atoms with Crippen LogP contribution in [0.15, 0.2) is 27.5 Å². The largest absolute Gasteiger partial charge is 0.479 e. The van der Waals surface area contributed by atoms with Gasteiger partial charge in [0, 0.05) is 51.9 Å². The van der Waals surface area contributed by atoms with E-state index in [1.54, 1.807) is 6.07 Å². The van der Waals surface area contributed by atoms with Crippen LogP contribution in [0, 0.1) is 29.0 Å². The summed E-state index contributed by atoms with van der Waals surface area (Å²) in [5, 5.41) is 8.38. The maximum Gasteiger partial charge on any atom is 0.208 e. The summed E-state index contributed by atoms with van der Waals surface area (Å²) in [6.45, 7) is -0.318. The molecule has 0 N–H and O–H groups in total. The van der Waals surface area contributed by atoms with Crippen LogP contribution in [-0.4, -0.2) is 11.2 Å². The van der Waals surface area contributed by atoms with E-state index in [1.807, 2.05) is 0 Å². The molecular formula is C14H8BrF2N2O2Y-. The van der Waals surface area contributed by atoms with Crippen molar-refractivity contribution in [2.24, 2.45) is 7.05 Å². The maximum absolute atomic E-state index is 14.1. The second-order valence-corrected chi connectivity index (χ2v) is 4.91. The molecule has 1 radical (unpaired) electrons. The Kier molecular flexibility index (Phi) is 6.85. The molecule has 8 heteroatoms. The molecule has 1 aromatic heterocycles. The minimum absolute atomic E-state index is 0. The smallest absolute Gasteiger partial charge is 0.208 e. The molecule has 1 heterocycles. The molecule has 0 unspecified atom stereocenters. The van der Waals surface area contributed by atoms with E-state index in [9.17, 15) is 13.6 Å². The van der Waals surface area contributed by atoms with Crippen molar-refractivity contribution in [3.8, 4) is 23.1 Å². The SMILES string of the molecule is Cn1c(-c2c(F)cc(OCC#N)cc2F)[c-]cc(Br)c1=O.[Y]. The molecule has 0 spiro atoms. The number of ether oxygens (including phenoxy) is 1. The number of nitriles is 1. The third kappa shape index (κ3) is 3.81. The first kappa shape index (κ1) is 19.0. The summed E-state index contributed by atoms with van der Waals surface area (Å²) < 4.78 is 34.3. The fourth-order valence-electron chi connectivity index (χ4n) is 1.77. The van der Waals surface area contributed by atoms with Crippen LogP contribution in [0.1, 0.15) is 0 Å². The first-order valence-corrected chi connectivity index (χ1v) is 6.51. The molecule has 0 fully saturated rings. The van der Waals surface area contributed by atoms with Crippen LogP contribution in [-0.2, 0) is 39.8 Å². The summed E-state index contributed by atoms with van der Waals surface area (Å²) in [5.74, 6) is -1.91. The molecule has 0 bridgehead atoms. The van der Waals surface area contributed by atoms with Crippen LogP contribution in [0.2, 0.25) is 0 Å². The molecule has 0 amide bonds.